The Hall–Kier alpha value is -1.37. The number of rotatable bonds is 5. The molecule has 0 saturated carbocycles. The number of nitrogens with zero attached hydrogens (tertiary/aromatic N) is 1. The van der Waals surface area contributed by atoms with E-state index in [0.717, 1.165) is 0 Å². The van der Waals surface area contributed by atoms with Crippen molar-refractivity contribution in [3.8, 4) is 0 Å². The average molecular weight is 345 g/mol. The topological polar surface area (TPSA) is 61.8 Å². The molecule has 1 aromatic carbocycles. The van der Waals surface area contributed by atoms with Crippen LogP contribution in [0.15, 0.2) is 18.2 Å². The molecule has 0 bridgehead atoms. The van der Waals surface area contributed by atoms with Gasteiger partial charge in [-0.3, -0.25) is 0 Å². The van der Waals surface area contributed by atoms with E-state index in [4.69, 9.17) is 16.3 Å². The van der Waals surface area contributed by atoms with Crippen molar-refractivity contribution in [1.82, 2.24) is 10.2 Å². The molecule has 0 aliphatic carbocycles. The molecule has 2 rings (SSSR count). The van der Waals surface area contributed by atoms with Crippen LogP contribution >= 0.6 is 11.6 Å². The summed E-state index contributed by atoms with van der Waals surface area (Å²) in [5.74, 6) is -0.370. The summed E-state index contributed by atoms with van der Waals surface area (Å²) in [5.41, 5.74) is 0.400. The van der Waals surface area contributed by atoms with E-state index in [2.05, 4.69) is 5.32 Å². The van der Waals surface area contributed by atoms with Gasteiger partial charge in [-0.1, -0.05) is 17.7 Å². The Labute approximate surface area is 140 Å². The molecule has 2 atom stereocenters. The monoisotopic (exact) mass is 344 g/mol. The van der Waals surface area contributed by atoms with E-state index in [1.165, 1.54) is 6.07 Å². The quantitative estimate of drug-likeness (QED) is 0.861. The Kier molecular flexibility index (Phi) is 6.62. The second-order valence-electron chi connectivity index (χ2n) is 5.69. The van der Waals surface area contributed by atoms with Gasteiger partial charge in [-0.25, -0.2) is 9.18 Å². The lowest BCUT2D eigenvalue weighted by atomic mass is 10.1. The van der Waals surface area contributed by atoms with Crippen molar-refractivity contribution >= 4 is 17.6 Å². The molecule has 0 aromatic heterocycles. The molecule has 0 spiro atoms. The number of benzene rings is 1. The van der Waals surface area contributed by atoms with Gasteiger partial charge in [0.05, 0.1) is 25.4 Å². The standard InChI is InChI=1S/C16H22ClFN2O3/c1-11(21)9-12-10-23-8-7-20(12)16(22)19-6-5-13-14(17)3-2-4-15(13)18/h2-4,11-12,21H,5-10H2,1H3,(H,19,22). The summed E-state index contributed by atoms with van der Waals surface area (Å²) in [6, 6.07) is 4.15. The van der Waals surface area contributed by atoms with Crippen LogP contribution in [0.4, 0.5) is 9.18 Å². The third-order valence-corrected chi connectivity index (χ3v) is 4.17. The zero-order valence-electron chi connectivity index (χ0n) is 13.1. The van der Waals surface area contributed by atoms with Gasteiger partial charge in [-0.15, -0.1) is 0 Å². The smallest absolute Gasteiger partial charge is 0.317 e. The summed E-state index contributed by atoms with van der Waals surface area (Å²) in [6.07, 6.45) is 0.282. The van der Waals surface area contributed by atoms with Gasteiger partial charge < -0.3 is 20.1 Å². The first-order valence-electron chi connectivity index (χ1n) is 7.72. The lowest BCUT2D eigenvalue weighted by molar-refractivity contribution is -0.00425. The van der Waals surface area contributed by atoms with Crippen LogP contribution in [-0.4, -0.2) is 54.5 Å². The highest BCUT2D eigenvalue weighted by Gasteiger charge is 2.28. The molecule has 1 saturated heterocycles. The fraction of sp³-hybridized carbons (Fsp3) is 0.562. The molecular formula is C16H22ClFN2O3. The number of carbonyl (C=O) groups excluding carboxylic acids is 1. The van der Waals surface area contributed by atoms with Crippen molar-refractivity contribution in [1.29, 1.82) is 0 Å². The molecule has 1 heterocycles. The number of aliphatic hydroxyl groups is 1. The van der Waals surface area contributed by atoms with E-state index in [-0.39, 0.29) is 24.4 Å². The van der Waals surface area contributed by atoms with Crippen molar-refractivity contribution in [3.63, 3.8) is 0 Å². The minimum absolute atomic E-state index is 0.152. The second-order valence-corrected chi connectivity index (χ2v) is 6.10. The van der Waals surface area contributed by atoms with E-state index in [9.17, 15) is 14.3 Å². The van der Waals surface area contributed by atoms with Crippen LogP contribution in [-0.2, 0) is 11.2 Å². The zero-order valence-corrected chi connectivity index (χ0v) is 13.9. The van der Waals surface area contributed by atoms with Crippen molar-refractivity contribution in [2.75, 3.05) is 26.3 Å². The van der Waals surface area contributed by atoms with Crippen LogP contribution in [0.25, 0.3) is 0 Å². The molecule has 2 unspecified atom stereocenters. The number of halogens is 2. The van der Waals surface area contributed by atoms with Gasteiger partial charge in [0, 0.05) is 23.7 Å². The normalized spacial score (nSPS) is 19.5. The SMILES string of the molecule is CC(O)CC1COCCN1C(=O)NCCc1c(F)cccc1Cl. The number of carbonyl (C=O) groups is 1. The van der Waals surface area contributed by atoms with Crippen LogP contribution in [0, 0.1) is 5.82 Å². The maximum Gasteiger partial charge on any atom is 0.317 e. The van der Waals surface area contributed by atoms with E-state index in [0.29, 0.717) is 43.2 Å². The fourth-order valence-electron chi connectivity index (χ4n) is 2.68. The number of nitrogens with one attached hydrogen (secondary N) is 1. The highest BCUT2D eigenvalue weighted by Crippen LogP contribution is 2.19. The molecule has 128 valence electrons. The van der Waals surface area contributed by atoms with Gasteiger partial charge in [0.25, 0.3) is 0 Å². The Morgan fingerprint density at radius 3 is 3.09 bits per heavy atom. The number of amides is 2. The summed E-state index contributed by atoms with van der Waals surface area (Å²) < 4.78 is 19.1. The summed E-state index contributed by atoms with van der Waals surface area (Å²) in [7, 11) is 0. The summed E-state index contributed by atoms with van der Waals surface area (Å²) >= 11 is 5.97. The second kappa shape index (κ2) is 8.47. The first kappa shape index (κ1) is 18.0. The molecule has 2 N–H and O–H groups in total. The number of hydrogen-bond acceptors (Lipinski definition) is 3. The van der Waals surface area contributed by atoms with Crippen molar-refractivity contribution in [2.24, 2.45) is 0 Å². The van der Waals surface area contributed by atoms with E-state index < -0.39 is 6.10 Å². The number of ether oxygens (including phenoxy) is 1. The van der Waals surface area contributed by atoms with Gasteiger partial charge in [0.2, 0.25) is 0 Å². The molecule has 23 heavy (non-hydrogen) atoms. The maximum atomic E-state index is 13.7. The fourth-order valence-corrected chi connectivity index (χ4v) is 2.94. The highest BCUT2D eigenvalue weighted by atomic mass is 35.5. The molecule has 1 aromatic rings. The highest BCUT2D eigenvalue weighted by molar-refractivity contribution is 6.31. The predicted octanol–water partition coefficient (Wildman–Crippen LogP) is 2.20. The lowest BCUT2D eigenvalue weighted by Gasteiger charge is -2.36. The van der Waals surface area contributed by atoms with Crippen LogP contribution in [0.3, 0.4) is 0 Å². The number of urea groups is 1. The molecular weight excluding hydrogens is 323 g/mol. The molecule has 1 aliphatic heterocycles. The predicted molar refractivity (Wildman–Crippen MR) is 86.1 cm³/mol. The van der Waals surface area contributed by atoms with Gasteiger partial charge in [0.15, 0.2) is 0 Å². The van der Waals surface area contributed by atoms with Gasteiger partial charge >= 0.3 is 6.03 Å². The third-order valence-electron chi connectivity index (χ3n) is 3.81. The first-order valence-corrected chi connectivity index (χ1v) is 8.10. The van der Waals surface area contributed by atoms with E-state index >= 15 is 0 Å². The Morgan fingerprint density at radius 1 is 1.61 bits per heavy atom. The van der Waals surface area contributed by atoms with Gasteiger partial charge in [-0.2, -0.15) is 0 Å². The Balaban J connectivity index is 1.88. The number of morpholine rings is 1. The van der Waals surface area contributed by atoms with Gasteiger partial charge in [-0.05, 0) is 31.9 Å². The van der Waals surface area contributed by atoms with Crippen molar-refractivity contribution in [2.45, 2.75) is 31.9 Å². The third kappa shape index (κ3) is 5.06. The van der Waals surface area contributed by atoms with E-state index in [1.54, 1.807) is 24.0 Å². The molecule has 0 radical (unpaired) electrons. The zero-order chi connectivity index (χ0) is 16.8. The van der Waals surface area contributed by atoms with Crippen LogP contribution in [0.1, 0.15) is 18.9 Å². The largest absolute Gasteiger partial charge is 0.393 e. The van der Waals surface area contributed by atoms with Crippen LogP contribution in [0.2, 0.25) is 5.02 Å². The number of hydrogen-bond donors (Lipinski definition) is 2. The summed E-state index contributed by atoms with van der Waals surface area (Å²) in [6.45, 7) is 3.34. The maximum absolute atomic E-state index is 13.7. The molecule has 2 amide bonds. The lowest BCUT2D eigenvalue weighted by Crippen LogP contribution is -2.53. The molecule has 1 aliphatic rings. The van der Waals surface area contributed by atoms with Gasteiger partial charge in [0.1, 0.15) is 5.82 Å². The van der Waals surface area contributed by atoms with Crippen LogP contribution in [0.5, 0.6) is 0 Å². The van der Waals surface area contributed by atoms with Crippen molar-refractivity contribution < 1.29 is 19.0 Å². The number of aliphatic hydroxyl groups excluding tert-OH is 1. The minimum Gasteiger partial charge on any atom is -0.393 e. The minimum atomic E-state index is -0.505. The Bertz CT molecular complexity index is 522. The molecule has 7 heteroatoms. The van der Waals surface area contributed by atoms with Crippen LogP contribution < -0.4 is 5.32 Å². The Morgan fingerprint density at radius 2 is 2.39 bits per heavy atom. The molecule has 5 nitrogen and oxygen atoms in total. The summed E-state index contributed by atoms with van der Waals surface area (Å²) in [5, 5.41) is 12.7. The average Bonchev–Trinajstić information content (AvgIpc) is 2.50. The van der Waals surface area contributed by atoms with Crippen molar-refractivity contribution in [3.05, 3.63) is 34.6 Å². The molecule has 1 fully saturated rings. The first-order chi connectivity index (χ1) is 11.0. The summed E-state index contributed by atoms with van der Waals surface area (Å²) in [4.78, 5) is 14.0. The van der Waals surface area contributed by atoms with E-state index in [1.807, 2.05) is 0 Å².